The Bertz CT molecular complexity index is 1020. The van der Waals surface area contributed by atoms with Crippen LogP contribution in [0.3, 0.4) is 0 Å². The number of benzene rings is 2. The van der Waals surface area contributed by atoms with Crippen LogP contribution < -0.4 is 5.32 Å². The first kappa shape index (κ1) is 12.8. The summed E-state index contributed by atoms with van der Waals surface area (Å²) in [4.78, 5) is 13.0. The summed E-state index contributed by atoms with van der Waals surface area (Å²) >= 11 is 0. The maximum atomic E-state index is 4.82. The predicted molar refractivity (Wildman–Crippen MR) is 91.4 cm³/mol. The average molecular weight is 300 g/mol. The number of nitrogens with one attached hydrogen (secondary N) is 2. The van der Waals surface area contributed by atoms with Gasteiger partial charge in [0.15, 0.2) is 0 Å². The SMILES string of the molecule is c1ccc2nc(C3NCCc4c3[nH]c3ccccc43)cnc2c1. The van der Waals surface area contributed by atoms with Crippen LogP contribution in [0, 0.1) is 0 Å². The van der Waals surface area contributed by atoms with Crippen LogP contribution in [0.25, 0.3) is 21.9 Å². The largest absolute Gasteiger partial charge is 0.357 e. The zero-order valence-corrected chi connectivity index (χ0v) is 12.6. The summed E-state index contributed by atoms with van der Waals surface area (Å²) in [7, 11) is 0. The minimum atomic E-state index is 0.0725. The number of aromatic nitrogens is 3. The van der Waals surface area contributed by atoms with Crippen LogP contribution in [0.15, 0.2) is 54.7 Å². The van der Waals surface area contributed by atoms with Crippen molar-refractivity contribution in [2.45, 2.75) is 12.5 Å². The van der Waals surface area contributed by atoms with Gasteiger partial charge in [-0.25, -0.2) is 4.98 Å². The first-order chi connectivity index (χ1) is 11.4. The molecule has 4 aromatic rings. The van der Waals surface area contributed by atoms with Crippen LogP contribution in [0.4, 0.5) is 0 Å². The third-order valence-electron chi connectivity index (χ3n) is 4.62. The lowest BCUT2D eigenvalue weighted by atomic mass is 9.97. The lowest BCUT2D eigenvalue weighted by molar-refractivity contribution is 0.549. The van der Waals surface area contributed by atoms with Crippen LogP contribution in [0.5, 0.6) is 0 Å². The van der Waals surface area contributed by atoms with Gasteiger partial charge in [0.1, 0.15) is 0 Å². The van der Waals surface area contributed by atoms with Crippen molar-refractivity contribution in [3.8, 4) is 0 Å². The summed E-state index contributed by atoms with van der Waals surface area (Å²) in [5, 5.41) is 4.91. The quantitative estimate of drug-likeness (QED) is 0.567. The Morgan fingerprint density at radius 3 is 2.74 bits per heavy atom. The Balaban J connectivity index is 1.69. The zero-order chi connectivity index (χ0) is 15.2. The van der Waals surface area contributed by atoms with Gasteiger partial charge >= 0.3 is 0 Å². The first-order valence-electron chi connectivity index (χ1n) is 7.95. The van der Waals surface area contributed by atoms with Crippen LogP contribution in [0.2, 0.25) is 0 Å². The molecule has 0 amide bonds. The number of nitrogens with zero attached hydrogens (tertiary/aromatic N) is 2. The molecular formula is C19H16N4. The maximum Gasteiger partial charge on any atom is 0.0922 e. The van der Waals surface area contributed by atoms with Gasteiger partial charge < -0.3 is 10.3 Å². The molecule has 0 fully saturated rings. The Labute approximate surface area is 133 Å². The zero-order valence-electron chi connectivity index (χ0n) is 12.6. The molecule has 0 bridgehead atoms. The molecule has 2 aromatic carbocycles. The summed E-state index contributed by atoms with van der Waals surface area (Å²) < 4.78 is 0. The smallest absolute Gasteiger partial charge is 0.0922 e. The van der Waals surface area contributed by atoms with Crippen LogP contribution >= 0.6 is 0 Å². The Morgan fingerprint density at radius 1 is 0.957 bits per heavy atom. The van der Waals surface area contributed by atoms with Crippen molar-refractivity contribution in [1.29, 1.82) is 0 Å². The monoisotopic (exact) mass is 300 g/mol. The lowest BCUT2D eigenvalue weighted by Gasteiger charge is -2.24. The Hall–Kier alpha value is -2.72. The molecular weight excluding hydrogens is 284 g/mol. The van der Waals surface area contributed by atoms with Gasteiger partial charge in [0.25, 0.3) is 0 Å². The molecule has 2 N–H and O–H groups in total. The van der Waals surface area contributed by atoms with Crippen molar-refractivity contribution in [3.63, 3.8) is 0 Å². The summed E-state index contributed by atoms with van der Waals surface area (Å²) in [6.45, 7) is 0.952. The second kappa shape index (κ2) is 4.89. The Kier molecular flexibility index (Phi) is 2.72. The highest BCUT2D eigenvalue weighted by Crippen LogP contribution is 2.32. The molecule has 23 heavy (non-hydrogen) atoms. The topological polar surface area (TPSA) is 53.6 Å². The van der Waals surface area contributed by atoms with Gasteiger partial charge in [0.2, 0.25) is 0 Å². The molecule has 1 aliphatic heterocycles. The van der Waals surface area contributed by atoms with Crippen molar-refractivity contribution < 1.29 is 0 Å². The molecule has 4 heteroatoms. The van der Waals surface area contributed by atoms with Gasteiger partial charge in [-0.1, -0.05) is 30.3 Å². The highest BCUT2D eigenvalue weighted by molar-refractivity contribution is 5.85. The molecule has 0 radical (unpaired) electrons. The summed E-state index contributed by atoms with van der Waals surface area (Å²) in [5.74, 6) is 0. The number of hydrogen-bond donors (Lipinski definition) is 2. The predicted octanol–water partition coefficient (Wildman–Crippen LogP) is 3.35. The number of rotatable bonds is 1. The van der Waals surface area contributed by atoms with Crippen molar-refractivity contribution >= 4 is 21.9 Å². The molecule has 1 atom stereocenters. The highest BCUT2D eigenvalue weighted by atomic mass is 15.0. The van der Waals surface area contributed by atoms with E-state index >= 15 is 0 Å². The molecule has 0 spiro atoms. The van der Waals surface area contributed by atoms with E-state index in [0.29, 0.717) is 0 Å². The first-order valence-corrected chi connectivity index (χ1v) is 7.95. The summed E-state index contributed by atoms with van der Waals surface area (Å²) in [6.07, 6.45) is 2.93. The molecule has 5 rings (SSSR count). The molecule has 0 aliphatic carbocycles. The van der Waals surface area contributed by atoms with E-state index in [1.165, 1.54) is 22.2 Å². The number of hydrogen-bond acceptors (Lipinski definition) is 3. The van der Waals surface area contributed by atoms with Gasteiger partial charge in [-0.15, -0.1) is 0 Å². The van der Waals surface area contributed by atoms with E-state index in [4.69, 9.17) is 4.98 Å². The van der Waals surface area contributed by atoms with E-state index in [1.807, 2.05) is 30.5 Å². The molecule has 0 saturated heterocycles. The third-order valence-corrected chi connectivity index (χ3v) is 4.62. The van der Waals surface area contributed by atoms with Crippen LogP contribution in [-0.2, 0) is 6.42 Å². The Morgan fingerprint density at radius 2 is 1.78 bits per heavy atom. The average Bonchev–Trinajstić information content (AvgIpc) is 3.00. The summed E-state index contributed by atoms with van der Waals surface area (Å²) in [5.41, 5.74) is 6.66. The second-order valence-electron chi connectivity index (χ2n) is 5.98. The van der Waals surface area contributed by atoms with Crippen molar-refractivity contribution in [2.24, 2.45) is 0 Å². The molecule has 112 valence electrons. The van der Waals surface area contributed by atoms with Gasteiger partial charge in [-0.3, -0.25) is 4.98 Å². The lowest BCUT2D eigenvalue weighted by Crippen LogP contribution is -2.31. The van der Waals surface area contributed by atoms with Gasteiger partial charge in [0, 0.05) is 23.1 Å². The van der Waals surface area contributed by atoms with Crippen molar-refractivity contribution in [3.05, 3.63) is 71.7 Å². The minimum absolute atomic E-state index is 0.0725. The van der Waals surface area contributed by atoms with Gasteiger partial charge in [0.05, 0.1) is 29.0 Å². The normalized spacial score (nSPS) is 17.5. The molecule has 4 nitrogen and oxygen atoms in total. The molecule has 0 saturated carbocycles. The van der Waals surface area contributed by atoms with Crippen molar-refractivity contribution in [2.75, 3.05) is 6.54 Å². The molecule has 1 aliphatic rings. The van der Waals surface area contributed by atoms with E-state index in [0.717, 1.165) is 29.7 Å². The molecule has 1 unspecified atom stereocenters. The molecule has 2 aromatic heterocycles. The maximum absolute atomic E-state index is 4.82. The fourth-order valence-corrected chi connectivity index (χ4v) is 3.54. The third kappa shape index (κ3) is 1.95. The fraction of sp³-hybridized carbons (Fsp3) is 0.158. The number of fused-ring (bicyclic) bond motifs is 4. The van der Waals surface area contributed by atoms with E-state index in [9.17, 15) is 0 Å². The highest BCUT2D eigenvalue weighted by Gasteiger charge is 2.26. The van der Waals surface area contributed by atoms with E-state index < -0.39 is 0 Å². The second-order valence-corrected chi connectivity index (χ2v) is 5.98. The van der Waals surface area contributed by atoms with E-state index in [2.05, 4.69) is 39.6 Å². The van der Waals surface area contributed by atoms with Gasteiger partial charge in [-0.2, -0.15) is 0 Å². The number of aromatic amines is 1. The van der Waals surface area contributed by atoms with E-state index in [1.54, 1.807) is 0 Å². The van der Waals surface area contributed by atoms with E-state index in [-0.39, 0.29) is 6.04 Å². The standard InChI is InChI=1S/C19H16N4/c1-2-6-14-12(5-1)13-9-10-20-19(18(13)23-14)17-11-21-15-7-3-4-8-16(15)22-17/h1-8,11,19-20,23H,9-10H2. The fourth-order valence-electron chi connectivity index (χ4n) is 3.54. The minimum Gasteiger partial charge on any atom is -0.357 e. The molecule has 3 heterocycles. The summed E-state index contributed by atoms with van der Waals surface area (Å²) in [6, 6.07) is 16.6. The number of H-pyrrole nitrogens is 1. The number of para-hydroxylation sites is 3. The van der Waals surface area contributed by atoms with Crippen molar-refractivity contribution in [1.82, 2.24) is 20.3 Å². The van der Waals surface area contributed by atoms with Crippen LogP contribution in [-0.4, -0.2) is 21.5 Å². The van der Waals surface area contributed by atoms with Crippen LogP contribution in [0.1, 0.15) is 23.0 Å². The van der Waals surface area contributed by atoms with Gasteiger partial charge in [-0.05, 0) is 30.2 Å².